The zero-order valence-corrected chi connectivity index (χ0v) is 18.2. The van der Waals surface area contributed by atoms with E-state index in [1.165, 1.54) is 0 Å². The second kappa shape index (κ2) is 8.33. The predicted octanol–water partition coefficient (Wildman–Crippen LogP) is 3.11. The molecule has 5 rings (SSSR count). The summed E-state index contributed by atoms with van der Waals surface area (Å²) in [5.74, 6) is 0. The lowest BCUT2D eigenvalue weighted by molar-refractivity contribution is -0.0395. The van der Waals surface area contributed by atoms with Gasteiger partial charge in [-0.25, -0.2) is 9.67 Å². The number of fused-ring (bicyclic) bond motifs is 1. The molecule has 7 heteroatoms. The van der Waals surface area contributed by atoms with Crippen LogP contribution in [0.3, 0.4) is 0 Å². The Morgan fingerprint density at radius 3 is 2.72 bits per heavy atom. The number of nitrogens with zero attached hydrogens (tertiary/aromatic N) is 4. The number of aromatic nitrogens is 4. The van der Waals surface area contributed by atoms with Gasteiger partial charge in [0.25, 0.3) is 5.56 Å². The van der Waals surface area contributed by atoms with Gasteiger partial charge < -0.3 is 9.84 Å². The van der Waals surface area contributed by atoms with E-state index in [1.54, 1.807) is 17.1 Å². The summed E-state index contributed by atoms with van der Waals surface area (Å²) in [4.78, 5) is 18.0. The molecule has 164 valence electrons. The largest absolute Gasteiger partial charge is 0.389 e. The maximum absolute atomic E-state index is 13.4. The van der Waals surface area contributed by atoms with Crippen molar-refractivity contribution in [2.45, 2.75) is 38.8 Å². The average molecular weight is 431 g/mol. The number of hydrogen-bond acceptors (Lipinski definition) is 5. The molecule has 1 aliphatic rings. The number of ether oxygens (including phenoxy) is 1. The van der Waals surface area contributed by atoms with E-state index in [1.807, 2.05) is 42.1 Å². The van der Waals surface area contributed by atoms with Crippen LogP contribution in [-0.4, -0.2) is 43.8 Å². The van der Waals surface area contributed by atoms with Crippen LogP contribution in [-0.2, 0) is 11.2 Å². The molecule has 0 bridgehead atoms. The maximum Gasteiger partial charge on any atom is 0.261 e. The highest BCUT2D eigenvalue weighted by Crippen LogP contribution is 2.26. The van der Waals surface area contributed by atoms with E-state index in [0.717, 1.165) is 39.9 Å². The second-order valence-corrected chi connectivity index (χ2v) is 8.43. The molecular formula is C25H26N4O3. The van der Waals surface area contributed by atoms with Crippen molar-refractivity contribution >= 4 is 10.9 Å². The van der Waals surface area contributed by atoms with Crippen LogP contribution in [0.4, 0.5) is 0 Å². The summed E-state index contributed by atoms with van der Waals surface area (Å²) in [5, 5.41) is 15.2. The first-order chi connectivity index (χ1) is 15.5. The van der Waals surface area contributed by atoms with Crippen molar-refractivity contribution < 1.29 is 9.84 Å². The van der Waals surface area contributed by atoms with E-state index in [2.05, 4.69) is 29.1 Å². The fraction of sp³-hybridized carbons (Fsp3) is 0.320. The van der Waals surface area contributed by atoms with Gasteiger partial charge in [-0.2, -0.15) is 5.10 Å². The van der Waals surface area contributed by atoms with Crippen LogP contribution >= 0.6 is 0 Å². The van der Waals surface area contributed by atoms with Crippen molar-refractivity contribution in [2.24, 2.45) is 0 Å². The highest BCUT2D eigenvalue weighted by atomic mass is 16.5. The quantitative estimate of drug-likeness (QED) is 0.538. The molecule has 4 aromatic rings. The van der Waals surface area contributed by atoms with E-state index in [9.17, 15) is 9.90 Å². The number of aliphatic hydroxyl groups is 1. The first-order valence-corrected chi connectivity index (χ1v) is 10.9. The Morgan fingerprint density at radius 1 is 1.19 bits per heavy atom. The molecule has 7 nitrogen and oxygen atoms in total. The molecule has 2 aromatic carbocycles. The molecular weight excluding hydrogens is 404 g/mol. The Bertz CT molecular complexity index is 1310. The van der Waals surface area contributed by atoms with Gasteiger partial charge in [-0.3, -0.25) is 9.36 Å². The molecule has 2 aromatic heterocycles. The summed E-state index contributed by atoms with van der Waals surface area (Å²) in [7, 11) is 0. The smallest absolute Gasteiger partial charge is 0.261 e. The third-order valence-corrected chi connectivity index (χ3v) is 6.50. The van der Waals surface area contributed by atoms with Crippen molar-refractivity contribution in [1.82, 2.24) is 19.3 Å². The molecule has 2 atom stereocenters. The number of aryl methyl sites for hydroxylation is 1. The van der Waals surface area contributed by atoms with Crippen molar-refractivity contribution in [3.05, 3.63) is 87.7 Å². The van der Waals surface area contributed by atoms with Crippen LogP contribution in [0.15, 0.2) is 59.9 Å². The molecule has 1 saturated heterocycles. The molecule has 0 amide bonds. The minimum absolute atomic E-state index is 0.112. The van der Waals surface area contributed by atoms with Gasteiger partial charge in [0.2, 0.25) is 0 Å². The first kappa shape index (κ1) is 20.6. The van der Waals surface area contributed by atoms with Crippen molar-refractivity contribution in [3.8, 4) is 5.69 Å². The van der Waals surface area contributed by atoms with Gasteiger partial charge in [-0.05, 0) is 73.2 Å². The van der Waals surface area contributed by atoms with Crippen LogP contribution in [0.1, 0.15) is 34.7 Å². The van der Waals surface area contributed by atoms with Crippen molar-refractivity contribution in [2.75, 3.05) is 13.2 Å². The van der Waals surface area contributed by atoms with E-state index >= 15 is 0 Å². The van der Waals surface area contributed by atoms with Crippen molar-refractivity contribution in [3.63, 3.8) is 0 Å². The van der Waals surface area contributed by atoms with E-state index in [-0.39, 0.29) is 18.2 Å². The van der Waals surface area contributed by atoms with Gasteiger partial charge in [0.05, 0.1) is 41.7 Å². The summed E-state index contributed by atoms with van der Waals surface area (Å²) in [6, 6.07) is 11.8. The Balaban J connectivity index is 1.52. The van der Waals surface area contributed by atoms with Gasteiger partial charge in [-0.1, -0.05) is 12.1 Å². The molecule has 0 unspecified atom stereocenters. The monoisotopic (exact) mass is 430 g/mol. The molecule has 1 aliphatic heterocycles. The summed E-state index contributed by atoms with van der Waals surface area (Å²) in [5.41, 5.74) is 6.04. The third-order valence-electron chi connectivity index (χ3n) is 6.50. The highest BCUT2D eigenvalue weighted by molar-refractivity contribution is 5.83. The zero-order chi connectivity index (χ0) is 22.2. The predicted molar refractivity (Wildman–Crippen MR) is 122 cm³/mol. The van der Waals surface area contributed by atoms with E-state index in [4.69, 9.17) is 4.74 Å². The van der Waals surface area contributed by atoms with E-state index < -0.39 is 6.10 Å². The molecule has 32 heavy (non-hydrogen) atoms. The van der Waals surface area contributed by atoms with Crippen molar-refractivity contribution in [1.29, 1.82) is 0 Å². The minimum atomic E-state index is -0.708. The summed E-state index contributed by atoms with van der Waals surface area (Å²) in [6.45, 7) is 4.86. The molecule has 3 heterocycles. The fourth-order valence-electron chi connectivity index (χ4n) is 4.48. The molecule has 1 fully saturated rings. The topological polar surface area (TPSA) is 82.2 Å². The SMILES string of the molecule is Cc1c(Cc2ccc(-n3cccn3)cc2)cc2c(=O)n([C@H]3CCOC[C@@H]3O)cnc2c1C. The highest BCUT2D eigenvalue weighted by Gasteiger charge is 2.27. The Morgan fingerprint density at radius 2 is 2.00 bits per heavy atom. The molecule has 1 N–H and O–H groups in total. The lowest BCUT2D eigenvalue weighted by Gasteiger charge is -2.29. The third kappa shape index (κ3) is 3.63. The minimum Gasteiger partial charge on any atom is -0.389 e. The van der Waals surface area contributed by atoms with Crippen LogP contribution in [0.2, 0.25) is 0 Å². The van der Waals surface area contributed by atoms with Crippen LogP contribution < -0.4 is 5.56 Å². The standard InChI is InChI=1S/C25H26N4O3/c1-16-17(2)24-21(25(31)28(15-26-24)22-8-11-32-14-23(22)30)13-19(16)12-18-4-6-20(7-5-18)29-10-3-9-27-29/h3-7,9-10,13,15,22-23,30H,8,11-12,14H2,1-2H3/t22-,23-/m0/s1. The lowest BCUT2D eigenvalue weighted by Crippen LogP contribution is -2.39. The second-order valence-electron chi connectivity index (χ2n) is 8.43. The maximum atomic E-state index is 13.4. The molecule has 0 radical (unpaired) electrons. The lowest BCUT2D eigenvalue weighted by atomic mass is 9.94. The number of rotatable bonds is 4. The van der Waals surface area contributed by atoms with Gasteiger partial charge in [0.1, 0.15) is 0 Å². The Hall–Kier alpha value is -3.29. The van der Waals surface area contributed by atoms with Crippen LogP contribution in [0, 0.1) is 13.8 Å². The summed E-state index contributed by atoms with van der Waals surface area (Å²) < 4.78 is 8.73. The summed E-state index contributed by atoms with van der Waals surface area (Å²) in [6.07, 6.45) is 5.85. The number of benzene rings is 2. The Labute approximate surface area is 185 Å². The van der Waals surface area contributed by atoms with Crippen LogP contribution in [0.25, 0.3) is 16.6 Å². The van der Waals surface area contributed by atoms with Gasteiger partial charge in [0, 0.05) is 19.0 Å². The van der Waals surface area contributed by atoms with Gasteiger partial charge in [-0.15, -0.1) is 0 Å². The first-order valence-electron chi connectivity index (χ1n) is 10.9. The average Bonchev–Trinajstić information content (AvgIpc) is 3.34. The zero-order valence-electron chi connectivity index (χ0n) is 18.2. The van der Waals surface area contributed by atoms with Gasteiger partial charge >= 0.3 is 0 Å². The van der Waals surface area contributed by atoms with Gasteiger partial charge in [0.15, 0.2) is 0 Å². The van der Waals surface area contributed by atoms with E-state index in [0.29, 0.717) is 18.4 Å². The normalized spacial score (nSPS) is 18.8. The van der Waals surface area contributed by atoms with Crippen LogP contribution in [0.5, 0.6) is 0 Å². The Kier molecular flexibility index (Phi) is 5.36. The molecule has 0 spiro atoms. The molecule has 0 aliphatic carbocycles. The number of aliphatic hydroxyl groups excluding tert-OH is 1. The molecule has 0 saturated carbocycles. The number of hydrogen-bond donors (Lipinski definition) is 1. The summed E-state index contributed by atoms with van der Waals surface area (Å²) >= 11 is 0. The fourth-order valence-corrected chi connectivity index (χ4v) is 4.48.